The van der Waals surface area contributed by atoms with Gasteiger partial charge in [-0.05, 0) is 38.1 Å². The lowest BCUT2D eigenvalue weighted by Gasteiger charge is -2.27. The van der Waals surface area contributed by atoms with Crippen molar-refractivity contribution in [1.82, 2.24) is 4.90 Å². The molecule has 0 radical (unpaired) electrons. The third kappa shape index (κ3) is 1.42. The normalized spacial score (nSPS) is 45.8. The second kappa shape index (κ2) is 2.76. The summed E-state index contributed by atoms with van der Waals surface area (Å²) in [5.41, 5.74) is 0. The number of hydrogen-bond donors (Lipinski definition) is 1. The summed E-state index contributed by atoms with van der Waals surface area (Å²) in [6.45, 7) is 2.47. The van der Waals surface area contributed by atoms with Gasteiger partial charge in [-0.3, -0.25) is 0 Å². The van der Waals surface area contributed by atoms with Gasteiger partial charge in [-0.1, -0.05) is 0 Å². The summed E-state index contributed by atoms with van der Waals surface area (Å²) < 4.78 is 0. The molecule has 2 nitrogen and oxygen atoms in total. The Labute approximate surface area is 68.2 Å². The average Bonchev–Trinajstić information content (AvgIpc) is 2.27. The maximum atomic E-state index is 9.42. The molecule has 0 amide bonds. The molecule has 1 aliphatic carbocycles. The van der Waals surface area contributed by atoms with Gasteiger partial charge in [0.1, 0.15) is 0 Å². The molecule has 0 aromatic heterocycles. The van der Waals surface area contributed by atoms with E-state index in [4.69, 9.17) is 0 Å². The van der Waals surface area contributed by atoms with E-state index in [1.807, 2.05) is 0 Å². The molecule has 1 saturated carbocycles. The largest absolute Gasteiger partial charge is 0.393 e. The quantitative estimate of drug-likeness (QED) is 0.557. The minimum absolute atomic E-state index is 0.00255. The van der Waals surface area contributed by atoms with Gasteiger partial charge in [0.2, 0.25) is 0 Å². The van der Waals surface area contributed by atoms with Crippen molar-refractivity contribution in [2.75, 3.05) is 20.1 Å². The van der Waals surface area contributed by atoms with E-state index in [1.165, 1.54) is 19.5 Å². The molecule has 3 atom stereocenters. The highest BCUT2D eigenvalue weighted by Gasteiger charge is 2.35. The van der Waals surface area contributed by atoms with Crippen molar-refractivity contribution < 1.29 is 5.11 Å². The summed E-state index contributed by atoms with van der Waals surface area (Å²) in [4.78, 5) is 2.40. The van der Waals surface area contributed by atoms with E-state index in [0.29, 0.717) is 0 Å². The number of fused-ring (bicyclic) bond motifs is 1. The molecule has 11 heavy (non-hydrogen) atoms. The first kappa shape index (κ1) is 7.56. The Bertz CT molecular complexity index is 148. The summed E-state index contributed by atoms with van der Waals surface area (Å²) in [5, 5.41) is 9.42. The van der Waals surface area contributed by atoms with Crippen molar-refractivity contribution in [1.29, 1.82) is 0 Å². The lowest BCUT2D eigenvalue weighted by Crippen LogP contribution is -2.26. The van der Waals surface area contributed by atoms with Crippen LogP contribution in [0.5, 0.6) is 0 Å². The van der Waals surface area contributed by atoms with Crippen LogP contribution in [0.15, 0.2) is 0 Å². The maximum absolute atomic E-state index is 9.42. The highest BCUT2D eigenvalue weighted by atomic mass is 16.3. The molecule has 2 aliphatic rings. The third-order valence-corrected chi connectivity index (χ3v) is 3.20. The Morgan fingerprint density at radius 2 is 1.91 bits per heavy atom. The Morgan fingerprint density at radius 3 is 2.73 bits per heavy atom. The molecule has 2 heteroatoms. The molecular weight excluding hydrogens is 138 g/mol. The minimum Gasteiger partial charge on any atom is -0.393 e. The van der Waals surface area contributed by atoms with Crippen LogP contribution in [0.25, 0.3) is 0 Å². The lowest BCUT2D eigenvalue weighted by molar-refractivity contribution is 0.0866. The fourth-order valence-electron chi connectivity index (χ4n) is 2.64. The molecule has 1 heterocycles. The average molecular weight is 155 g/mol. The number of likely N-dealkylation sites (tertiary alicyclic amines) is 1. The summed E-state index contributed by atoms with van der Waals surface area (Å²) >= 11 is 0. The zero-order valence-electron chi connectivity index (χ0n) is 7.16. The van der Waals surface area contributed by atoms with Gasteiger partial charge in [-0.25, -0.2) is 0 Å². The van der Waals surface area contributed by atoms with Crippen LogP contribution in [0.4, 0.5) is 0 Å². The van der Waals surface area contributed by atoms with Gasteiger partial charge in [-0.15, -0.1) is 0 Å². The number of rotatable bonds is 0. The number of aliphatic hydroxyl groups excluding tert-OH is 1. The smallest absolute Gasteiger partial charge is 0.0543 e. The van der Waals surface area contributed by atoms with Crippen molar-refractivity contribution >= 4 is 0 Å². The molecule has 2 fully saturated rings. The first-order valence-electron chi connectivity index (χ1n) is 4.62. The fourth-order valence-corrected chi connectivity index (χ4v) is 2.64. The molecule has 1 N–H and O–H groups in total. The minimum atomic E-state index is 0.00255. The molecule has 2 rings (SSSR count). The second-order valence-electron chi connectivity index (χ2n) is 4.21. The van der Waals surface area contributed by atoms with E-state index in [2.05, 4.69) is 11.9 Å². The Balaban J connectivity index is 1.97. The first-order chi connectivity index (χ1) is 5.25. The van der Waals surface area contributed by atoms with Gasteiger partial charge in [0, 0.05) is 13.1 Å². The van der Waals surface area contributed by atoms with Gasteiger partial charge in [0.05, 0.1) is 6.10 Å². The van der Waals surface area contributed by atoms with Crippen LogP contribution in [0.1, 0.15) is 19.3 Å². The van der Waals surface area contributed by atoms with E-state index in [1.54, 1.807) is 0 Å². The second-order valence-corrected chi connectivity index (χ2v) is 4.21. The van der Waals surface area contributed by atoms with E-state index >= 15 is 0 Å². The first-order valence-corrected chi connectivity index (χ1v) is 4.62. The topological polar surface area (TPSA) is 23.5 Å². The van der Waals surface area contributed by atoms with Gasteiger partial charge >= 0.3 is 0 Å². The van der Waals surface area contributed by atoms with Crippen molar-refractivity contribution in [3.8, 4) is 0 Å². The number of aliphatic hydroxyl groups is 1. The summed E-state index contributed by atoms with van der Waals surface area (Å²) in [6.07, 6.45) is 3.34. The van der Waals surface area contributed by atoms with Crippen LogP contribution >= 0.6 is 0 Å². The van der Waals surface area contributed by atoms with Crippen LogP contribution in [-0.2, 0) is 0 Å². The van der Waals surface area contributed by atoms with Crippen molar-refractivity contribution in [3.05, 3.63) is 0 Å². The molecule has 0 aromatic carbocycles. The van der Waals surface area contributed by atoms with Crippen LogP contribution in [0, 0.1) is 11.8 Å². The maximum Gasteiger partial charge on any atom is 0.0543 e. The van der Waals surface area contributed by atoms with Crippen molar-refractivity contribution in [3.63, 3.8) is 0 Å². The number of hydrogen-bond acceptors (Lipinski definition) is 2. The summed E-state index contributed by atoms with van der Waals surface area (Å²) in [5.74, 6) is 1.69. The molecule has 3 unspecified atom stereocenters. The molecule has 0 spiro atoms. The summed E-state index contributed by atoms with van der Waals surface area (Å²) in [6, 6.07) is 0. The van der Waals surface area contributed by atoms with Crippen molar-refractivity contribution in [2.45, 2.75) is 25.4 Å². The SMILES string of the molecule is CN1CC2CCC(O)CC2C1. The molecular formula is C9H17NO. The fraction of sp³-hybridized carbons (Fsp3) is 1.00. The van der Waals surface area contributed by atoms with Gasteiger partial charge in [-0.2, -0.15) is 0 Å². The molecule has 64 valence electrons. The molecule has 0 bridgehead atoms. The van der Waals surface area contributed by atoms with Crippen LogP contribution in [0.3, 0.4) is 0 Å². The third-order valence-electron chi connectivity index (χ3n) is 3.20. The predicted octanol–water partition coefficient (Wildman–Crippen LogP) is 0.709. The molecule has 1 aliphatic heterocycles. The Hall–Kier alpha value is -0.0800. The highest BCUT2D eigenvalue weighted by Crippen LogP contribution is 2.35. The van der Waals surface area contributed by atoms with Gasteiger partial charge < -0.3 is 10.0 Å². The lowest BCUT2D eigenvalue weighted by atomic mass is 9.80. The Kier molecular flexibility index (Phi) is 1.90. The standard InChI is InChI=1S/C9H17NO/c1-10-5-7-2-3-9(11)4-8(7)6-10/h7-9,11H,2-6H2,1H3. The molecule has 1 saturated heterocycles. The van der Waals surface area contributed by atoms with Gasteiger partial charge in [0.25, 0.3) is 0 Å². The van der Waals surface area contributed by atoms with Gasteiger partial charge in [0.15, 0.2) is 0 Å². The van der Waals surface area contributed by atoms with Crippen LogP contribution < -0.4 is 0 Å². The number of nitrogens with zero attached hydrogens (tertiary/aromatic N) is 1. The van der Waals surface area contributed by atoms with E-state index < -0.39 is 0 Å². The zero-order chi connectivity index (χ0) is 7.84. The zero-order valence-corrected chi connectivity index (χ0v) is 7.16. The molecule has 0 aromatic rings. The van der Waals surface area contributed by atoms with E-state index in [9.17, 15) is 5.11 Å². The van der Waals surface area contributed by atoms with Crippen LogP contribution in [0.2, 0.25) is 0 Å². The predicted molar refractivity (Wildman–Crippen MR) is 44.3 cm³/mol. The van der Waals surface area contributed by atoms with E-state index in [-0.39, 0.29) is 6.10 Å². The highest BCUT2D eigenvalue weighted by molar-refractivity contribution is 4.87. The summed E-state index contributed by atoms with van der Waals surface area (Å²) in [7, 11) is 2.19. The monoisotopic (exact) mass is 155 g/mol. The van der Waals surface area contributed by atoms with Crippen molar-refractivity contribution in [2.24, 2.45) is 11.8 Å². The van der Waals surface area contributed by atoms with Crippen LogP contribution in [-0.4, -0.2) is 36.2 Å². The Morgan fingerprint density at radius 1 is 1.18 bits per heavy atom. The van der Waals surface area contributed by atoms with E-state index in [0.717, 1.165) is 24.7 Å².